The smallest absolute Gasteiger partial charge is 0.341 e. The Morgan fingerprint density at radius 2 is 1.00 bits per heavy atom. The minimum Gasteiger partial charge on any atom is -0.477 e. The fourth-order valence-corrected chi connectivity index (χ4v) is 6.74. The second-order valence-electron chi connectivity index (χ2n) is 12.8. The van der Waals surface area contributed by atoms with Gasteiger partial charge in [-0.2, -0.15) is 0 Å². The number of rotatable bonds is 4. The third-order valence-corrected chi connectivity index (χ3v) is 9.39. The number of anilines is 2. The van der Waals surface area contributed by atoms with Gasteiger partial charge >= 0.3 is 11.9 Å². The van der Waals surface area contributed by atoms with Gasteiger partial charge in [0.15, 0.2) is 0 Å². The Balaban J connectivity index is 0.000000178. The molecule has 4 aromatic heterocycles. The van der Waals surface area contributed by atoms with E-state index in [1.807, 2.05) is 9.80 Å². The van der Waals surface area contributed by atoms with E-state index in [2.05, 4.69) is 20.6 Å². The van der Waals surface area contributed by atoms with E-state index in [0.29, 0.717) is 70.7 Å². The monoisotopic (exact) mass is 730 g/mol. The van der Waals surface area contributed by atoms with E-state index in [4.69, 9.17) is 0 Å². The van der Waals surface area contributed by atoms with Crippen molar-refractivity contribution in [3.05, 3.63) is 92.0 Å². The molecule has 0 atom stereocenters. The van der Waals surface area contributed by atoms with Gasteiger partial charge in [0.25, 0.3) is 0 Å². The summed E-state index contributed by atoms with van der Waals surface area (Å²) < 4.78 is 32.3. The second kappa shape index (κ2) is 14.5. The van der Waals surface area contributed by atoms with Gasteiger partial charge in [-0.1, -0.05) is 0 Å². The van der Waals surface area contributed by atoms with Crippen LogP contribution in [0.1, 0.15) is 20.7 Å². The molecule has 53 heavy (non-hydrogen) atoms. The predicted molar refractivity (Wildman–Crippen MR) is 197 cm³/mol. The summed E-state index contributed by atoms with van der Waals surface area (Å²) in [6.07, 6.45) is 2.51. The molecule has 6 N–H and O–H groups in total. The molecule has 2 saturated heterocycles. The average Bonchev–Trinajstić information content (AvgIpc) is 3.13. The standard InChI is InChI=1S/2C18H17FN4O3.H2O/c2*1-22-9-12(18(25)26)16(24)11-6-10-7-13(19)15(8-14(10)21-17(11)22)23-4-2-20-3-5-23;/h2*6-9,20H,2-5H2,1H3,(H,25,26);1H2. The Hall–Kier alpha value is -6.04. The fourth-order valence-electron chi connectivity index (χ4n) is 6.74. The van der Waals surface area contributed by atoms with Crippen LogP contribution < -0.4 is 31.3 Å². The Labute approximate surface area is 299 Å². The van der Waals surface area contributed by atoms with Crippen molar-refractivity contribution in [3.63, 3.8) is 0 Å². The summed E-state index contributed by atoms with van der Waals surface area (Å²) in [6.45, 7) is 5.97. The molecule has 6 heterocycles. The van der Waals surface area contributed by atoms with Crippen LogP contribution in [0.4, 0.5) is 20.2 Å². The molecule has 17 heteroatoms. The van der Waals surface area contributed by atoms with E-state index >= 15 is 0 Å². The molecular weight excluding hydrogens is 694 g/mol. The number of carboxylic acids is 2. The van der Waals surface area contributed by atoms with Crippen LogP contribution in [0.25, 0.3) is 43.9 Å². The predicted octanol–water partition coefficient (Wildman–Crippen LogP) is 1.84. The van der Waals surface area contributed by atoms with Gasteiger partial charge in [-0.3, -0.25) is 9.59 Å². The number of halogens is 2. The molecule has 0 aliphatic carbocycles. The maximum absolute atomic E-state index is 14.6. The highest BCUT2D eigenvalue weighted by molar-refractivity contribution is 5.98. The number of pyridine rings is 4. The first-order valence-corrected chi connectivity index (χ1v) is 16.6. The highest BCUT2D eigenvalue weighted by atomic mass is 19.1. The zero-order chi connectivity index (χ0) is 36.8. The number of aryl methyl sites for hydroxylation is 2. The number of benzene rings is 2. The van der Waals surface area contributed by atoms with Crippen molar-refractivity contribution in [1.82, 2.24) is 29.7 Å². The molecule has 0 saturated carbocycles. The number of nitrogens with zero attached hydrogens (tertiary/aromatic N) is 6. The van der Waals surface area contributed by atoms with Crippen molar-refractivity contribution in [3.8, 4) is 0 Å². The quantitative estimate of drug-likeness (QED) is 0.192. The summed E-state index contributed by atoms with van der Waals surface area (Å²) in [5.74, 6) is -3.36. The average molecular weight is 731 g/mol. The Morgan fingerprint density at radius 1 is 0.642 bits per heavy atom. The molecule has 8 rings (SSSR count). The molecule has 0 amide bonds. The third-order valence-electron chi connectivity index (χ3n) is 9.39. The maximum Gasteiger partial charge on any atom is 0.341 e. The molecule has 0 spiro atoms. The number of nitrogens with one attached hydrogen (secondary N) is 2. The number of carbonyl (C=O) groups is 2. The van der Waals surface area contributed by atoms with Crippen LogP contribution in [-0.4, -0.2) is 99.1 Å². The maximum atomic E-state index is 14.6. The summed E-state index contributed by atoms with van der Waals surface area (Å²) in [4.78, 5) is 60.3. The van der Waals surface area contributed by atoms with E-state index in [1.165, 1.54) is 45.8 Å². The van der Waals surface area contributed by atoms with E-state index in [9.17, 15) is 38.2 Å². The molecule has 15 nitrogen and oxygen atoms in total. The summed E-state index contributed by atoms with van der Waals surface area (Å²) in [6, 6.07) is 9.10. The van der Waals surface area contributed by atoms with Gasteiger partial charge in [-0.25, -0.2) is 28.3 Å². The first-order valence-electron chi connectivity index (χ1n) is 16.6. The molecular formula is C36H36F2N8O7. The number of piperazine rings is 2. The summed E-state index contributed by atoms with van der Waals surface area (Å²) in [7, 11) is 3.27. The highest BCUT2D eigenvalue weighted by Gasteiger charge is 2.21. The Bertz CT molecular complexity index is 2390. The second-order valence-corrected chi connectivity index (χ2v) is 12.8. The van der Waals surface area contributed by atoms with Crippen LogP contribution in [-0.2, 0) is 14.1 Å². The van der Waals surface area contributed by atoms with Gasteiger partial charge < -0.3 is 45.3 Å². The molecule has 276 valence electrons. The van der Waals surface area contributed by atoms with Gasteiger partial charge in [0.05, 0.1) is 33.2 Å². The van der Waals surface area contributed by atoms with Crippen molar-refractivity contribution in [2.75, 3.05) is 62.2 Å². The lowest BCUT2D eigenvalue weighted by Crippen LogP contribution is -2.43. The molecule has 2 aliphatic heterocycles. The first-order chi connectivity index (χ1) is 24.9. The van der Waals surface area contributed by atoms with Crippen LogP contribution in [0.3, 0.4) is 0 Å². The number of aromatic carboxylic acids is 2. The van der Waals surface area contributed by atoms with Crippen LogP contribution in [0.5, 0.6) is 0 Å². The lowest BCUT2D eigenvalue weighted by atomic mass is 10.1. The van der Waals surface area contributed by atoms with Crippen molar-refractivity contribution in [2.45, 2.75) is 0 Å². The van der Waals surface area contributed by atoms with E-state index < -0.39 is 22.8 Å². The van der Waals surface area contributed by atoms with Gasteiger partial charge in [0.2, 0.25) is 10.9 Å². The number of hydrogen-bond donors (Lipinski definition) is 4. The Kier molecular flexibility index (Phi) is 10.1. The van der Waals surface area contributed by atoms with E-state index in [0.717, 1.165) is 26.2 Å². The number of carboxylic acid groups (broad SMARTS) is 2. The van der Waals surface area contributed by atoms with Gasteiger partial charge in [-0.15, -0.1) is 0 Å². The summed E-state index contributed by atoms with van der Waals surface area (Å²) in [5.41, 5.74) is 0.916. The molecule has 2 fully saturated rings. The molecule has 2 aliphatic rings. The molecule has 0 unspecified atom stereocenters. The van der Waals surface area contributed by atoms with Gasteiger partial charge in [0.1, 0.15) is 34.1 Å². The van der Waals surface area contributed by atoms with Crippen molar-refractivity contribution < 1.29 is 34.1 Å². The molecule has 0 bridgehead atoms. The van der Waals surface area contributed by atoms with Gasteiger partial charge in [0, 0.05) is 89.6 Å². The molecule has 6 aromatic rings. The zero-order valence-corrected chi connectivity index (χ0v) is 28.7. The minimum absolute atomic E-state index is 0. The third kappa shape index (κ3) is 6.84. The van der Waals surface area contributed by atoms with Crippen LogP contribution in [0.15, 0.2) is 58.4 Å². The topological polar surface area (TPSA) is 206 Å². The van der Waals surface area contributed by atoms with Crippen LogP contribution in [0.2, 0.25) is 0 Å². The van der Waals surface area contributed by atoms with Crippen LogP contribution >= 0.6 is 0 Å². The summed E-state index contributed by atoms with van der Waals surface area (Å²) >= 11 is 0. The molecule has 0 radical (unpaired) electrons. The minimum atomic E-state index is -1.30. The van der Waals surface area contributed by atoms with Crippen molar-refractivity contribution in [1.29, 1.82) is 0 Å². The lowest BCUT2D eigenvalue weighted by molar-refractivity contribution is 0.0684. The van der Waals surface area contributed by atoms with Gasteiger partial charge in [-0.05, 0) is 36.4 Å². The van der Waals surface area contributed by atoms with Crippen LogP contribution in [0, 0.1) is 11.6 Å². The zero-order valence-electron chi connectivity index (χ0n) is 28.7. The van der Waals surface area contributed by atoms with E-state index in [1.54, 1.807) is 26.2 Å². The summed E-state index contributed by atoms with van der Waals surface area (Å²) in [5, 5.41) is 26.1. The van der Waals surface area contributed by atoms with Crippen molar-refractivity contribution >= 4 is 67.2 Å². The lowest BCUT2D eigenvalue weighted by Gasteiger charge is -2.29. The highest BCUT2D eigenvalue weighted by Crippen LogP contribution is 2.29. The number of hydrogen-bond acceptors (Lipinski definition) is 10. The largest absolute Gasteiger partial charge is 0.477 e. The number of aromatic nitrogens is 4. The first kappa shape index (κ1) is 36.7. The Morgan fingerprint density at radius 3 is 1.34 bits per heavy atom. The fraction of sp³-hybridized carbons (Fsp3) is 0.278. The SMILES string of the molecule is Cn1cc(C(=O)O)c(=O)c2cc3cc(F)c(N4CCNCC4)cc3nc21.Cn1cc(C(=O)O)c(=O)c2cc3cc(F)c(N4CCNCC4)cc3nc21.O. The van der Waals surface area contributed by atoms with Crippen molar-refractivity contribution in [2.24, 2.45) is 14.1 Å². The molecule has 2 aromatic carbocycles. The number of fused-ring (bicyclic) bond motifs is 4. The van der Waals surface area contributed by atoms with E-state index in [-0.39, 0.29) is 39.0 Å². The normalized spacial score (nSPS) is 14.6.